The first-order valence-electron chi connectivity index (χ1n) is 8.73. The summed E-state index contributed by atoms with van der Waals surface area (Å²) in [6.07, 6.45) is 7.35. The Hall–Kier alpha value is -1.35. The lowest BCUT2D eigenvalue weighted by Crippen LogP contribution is -2.53. The maximum atomic E-state index is 12.4. The fourth-order valence-corrected chi connectivity index (χ4v) is 4.42. The van der Waals surface area contributed by atoms with E-state index in [1.54, 1.807) is 0 Å². The zero-order valence-corrected chi connectivity index (χ0v) is 13.6. The standard InChI is InChI=1S/C19H28N2O/c1-13-5-2-3-6-14(13)9-10-18(22)21-19-15-7-4-8-16(19)12-17(20)11-15/h2-3,5-6,15-17,19H,4,7-12,20H2,1H3,(H,21,22). The summed E-state index contributed by atoms with van der Waals surface area (Å²) in [7, 11) is 0. The first-order chi connectivity index (χ1) is 10.6. The van der Waals surface area contributed by atoms with Gasteiger partial charge in [0.15, 0.2) is 0 Å². The van der Waals surface area contributed by atoms with Gasteiger partial charge in [0.2, 0.25) is 5.91 Å². The van der Waals surface area contributed by atoms with Crippen LogP contribution in [0.1, 0.15) is 49.7 Å². The molecule has 0 aromatic heterocycles. The van der Waals surface area contributed by atoms with Gasteiger partial charge in [-0.15, -0.1) is 0 Å². The van der Waals surface area contributed by atoms with Gasteiger partial charge in [-0.1, -0.05) is 30.7 Å². The molecule has 0 aliphatic heterocycles. The molecule has 22 heavy (non-hydrogen) atoms. The van der Waals surface area contributed by atoms with Crippen molar-refractivity contribution >= 4 is 5.91 Å². The van der Waals surface area contributed by atoms with Gasteiger partial charge in [-0.25, -0.2) is 0 Å². The van der Waals surface area contributed by atoms with E-state index in [9.17, 15) is 4.79 Å². The van der Waals surface area contributed by atoms with E-state index in [-0.39, 0.29) is 5.91 Å². The van der Waals surface area contributed by atoms with Crippen molar-refractivity contribution in [3.05, 3.63) is 35.4 Å². The summed E-state index contributed by atoms with van der Waals surface area (Å²) < 4.78 is 0. The van der Waals surface area contributed by atoms with E-state index >= 15 is 0 Å². The molecule has 1 aromatic rings. The highest BCUT2D eigenvalue weighted by atomic mass is 16.1. The van der Waals surface area contributed by atoms with Gasteiger partial charge >= 0.3 is 0 Å². The molecule has 0 spiro atoms. The second-order valence-electron chi connectivity index (χ2n) is 7.20. The fourth-order valence-electron chi connectivity index (χ4n) is 4.42. The van der Waals surface area contributed by atoms with Gasteiger partial charge in [0.05, 0.1) is 0 Å². The van der Waals surface area contributed by atoms with Crippen LogP contribution in [0.2, 0.25) is 0 Å². The molecule has 2 unspecified atom stereocenters. The topological polar surface area (TPSA) is 55.1 Å². The Labute approximate surface area is 133 Å². The Morgan fingerprint density at radius 3 is 2.59 bits per heavy atom. The molecule has 3 nitrogen and oxygen atoms in total. The average Bonchev–Trinajstić information content (AvgIpc) is 2.47. The molecule has 2 aliphatic rings. The van der Waals surface area contributed by atoms with Crippen LogP contribution in [-0.2, 0) is 11.2 Å². The lowest BCUT2D eigenvalue weighted by Gasteiger charge is -2.45. The lowest BCUT2D eigenvalue weighted by atomic mass is 9.67. The number of hydrogen-bond acceptors (Lipinski definition) is 2. The van der Waals surface area contributed by atoms with Gasteiger partial charge < -0.3 is 11.1 Å². The summed E-state index contributed by atoms with van der Waals surface area (Å²) in [6.45, 7) is 2.11. The maximum absolute atomic E-state index is 12.4. The van der Waals surface area contributed by atoms with E-state index in [2.05, 4.69) is 24.4 Å². The van der Waals surface area contributed by atoms with E-state index in [1.807, 2.05) is 12.1 Å². The molecular weight excluding hydrogens is 272 g/mol. The van der Waals surface area contributed by atoms with Crippen LogP contribution in [0.15, 0.2) is 24.3 Å². The number of fused-ring (bicyclic) bond motifs is 2. The predicted molar refractivity (Wildman–Crippen MR) is 89.5 cm³/mol. The summed E-state index contributed by atoms with van der Waals surface area (Å²) in [6, 6.07) is 9.05. The van der Waals surface area contributed by atoms with Crippen LogP contribution in [0, 0.1) is 18.8 Å². The molecule has 120 valence electrons. The van der Waals surface area contributed by atoms with Gasteiger partial charge in [0, 0.05) is 18.5 Å². The molecule has 2 aliphatic carbocycles. The normalized spacial score (nSPS) is 30.8. The molecule has 3 heteroatoms. The third-order valence-electron chi connectivity index (χ3n) is 5.59. The average molecular weight is 300 g/mol. The maximum Gasteiger partial charge on any atom is 0.220 e. The molecular formula is C19H28N2O. The summed E-state index contributed by atoms with van der Waals surface area (Å²) in [5.41, 5.74) is 8.71. The quantitative estimate of drug-likeness (QED) is 0.898. The lowest BCUT2D eigenvalue weighted by molar-refractivity contribution is -0.123. The molecule has 2 fully saturated rings. The van der Waals surface area contributed by atoms with Gasteiger partial charge in [0.1, 0.15) is 0 Å². The van der Waals surface area contributed by atoms with Crippen molar-refractivity contribution in [3.8, 4) is 0 Å². The molecule has 0 saturated heterocycles. The molecule has 1 aromatic carbocycles. The number of aryl methyl sites for hydroxylation is 2. The van der Waals surface area contributed by atoms with Crippen LogP contribution in [0.5, 0.6) is 0 Å². The Bertz CT molecular complexity index is 514. The van der Waals surface area contributed by atoms with Crippen molar-refractivity contribution < 1.29 is 4.79 Å². The highest BCUT2D eigenvalue weighted by molar-refractivity contribution is 5.76. The van der Waals surface area contributed by atoms with Crippen molar-refractivity contribution in [3.63, 3.8) is 0 Å². The smallest absolute Gasteiger partial charge is 0.220 e. The van der Waals surface area contributed by atoms with Gasteiger partial charge in [-0.2, -0.15) is 0 Å². The number of amides is 1. The SMILES string of the molecule is Cc1ccccc1CCC(=O)NC1C2CCCC1CC(N)C2. The van der Waals surface area contributed by atoms with E-state index in [0.29, 0.717) is 30.3 Å². The first-order valence-corrected chi connectivity index (χ1v) is 8.73. The monoisotopic (exact) mass is 300 g/mol. The Balaban J connectivity index is 1.54. The molecule has 0 heterocycles. The van der Waals surface area contributed by atoms with Crippen LogP contribution in [0.25, 0.3) is 0 Å². The van der Waals surface area contributed by atoms with Crippen LogP contribution >= 0.6 is 0 Å². The van der Waals surface area contributed by atoms with E-state index in [0.717, 1.165) is 19.3 Å². The van der Waals surface area contributed by atoms with Crippen molar-refractivity contribution in [1.29, 1.82) is 0 Å². The molecule has 0 radical (unpaired) electrons. The van der Waals surface area contributed by atoms with Gasteiger partial charge in [-0.05, 0) is 62.0 Å². The molecule has 2 atom stereocenters. The molecule has 3 rings (SSSR count). The fraction of sp³-hybridized carbons (Fsp3) is 0.632. The number of nitrogens with one attached hydrogen (secondary N) is 1. The molecule has 3 N–H and O–H groups in total. The van der Waals surface area contributed by atoms with Crippen LogP contribution in [0.3, 0.4) is 0 Å². The predicted octanol–water partition coefficient (Wildman–Crippen LogP) is 2.95. The van der Waals surface area contributed by atoms with Crippen LogP contribution < -0.4 is 11.1 Å². The number of nitrogens with two attached hydrogens (primary N) is 1. The molecule has 2 saturated carbocycles. The summed E-state index contributed by atoms with van der Waals surface area (Å²) >= 11 is 0. The number of benzene rings is 1. The van der Waals surface area contributed by atoms with E-state index < -0.39 is 0 Å². The Kier molecular flexibility index (Phi) is 4.82. The van der Waals surface area contributed by atoms with Gasteiger partial charge in [-0.3, -0.25) is 4.79 Å². The number of rotatable bonds is 4. The van der Waals surface area contributed by atoms with Crippen molar-refractivity contribution in [1.82, 2.24) is 5.32 Å². The minimum absolute atomic E-state index is 0.209. The van der Waals surface area contributed by atoms with E-state index in [4.69, 9.17) is 5.73 Å². The zero-order valence-electron chi connectivity index (χ0n) is 13.6. The third kappa shape index (κ3) is 3.52. The summed E-state index contributed by atoms with van der Waals surface area (Å²) in [4.78, 5) is 12.4. The zero-order chi connectivity index (χ0) is 15.5. The minimum atomic E-state index is 0.209. The van der Waals surface area contributed by atoms with Crippen LogP contribution in [-0.4, -0.2) is 18.0 Å². The molecule has 2 bridgehead atoms. The van der Waals surface area contributed by atoms with Gasteiger partial charge in [0.25, 0.3) is 0 Å². The number of carbonyl (C=O) groups is 1. The highest BCUT2D eigenvalue weighted by Gasteiger charge is 2.39. The second kappa shape index (κ2) is 6.82. The largest absolute Gasteiger partial charge is 0.353 e. The van der Waals surface area contributed by atoms with Crippen LogP contribution in [0.4, 0.5) is 0 Å². The third-order valence-corrected chi connectivity index (χ3v) is 5.59. The van der Waals surface area contributed by atoms with E-state index in [1.165, 1.54) is 30.4 Å². The number of hydrogen-bond donors (Lipinski definition) is 2. The van der Waals surface area contributed by atoms with Crippen molar-refractivity contribution in [2.45, 2.75) is 64.0 Å². The Morgan fingerprint density at radius 2 is 1.91 bits per heavy atom. The minimum Gasteiger partial charge on any atom is -0.353 e. The first kappa shape index (κ1) is 15.5. The summed E-state index contributed by atoms with van der Waals surface area (Å²) in [5, 5.41) is 3.34. The molecule has 1 amide bonds. The van der Waals surface area contributed by atoms with Crippen molar-refractivity contribution in [2.75, 3.05) is 0 Å². The number of carbonyl (C=O) groups excluding carboxylic acids is 1. The van der Waals surface area contributed by atoms with Crippen molar-refractivity contribution in [2.24, 2.45) is 17.6 Å². The highest BCUT2D eigenvalue weighted by Crippen LogP contribution is 2.39. The summed E-state index contributed by atoms with van der Waals surface area (Å²) in [5.74, 6) is 1.41. The Morgan fingerprint density at radius 1 is 1.23 bits per heavy atom. The second-order valence-corrected chi connectivity index (χ2v) is 7.20.